The van der Waals surface area contributed by atoms with E-state index in [9.17, 15) is 4.79 Å². The summed E-state index contributed by atoms with van der Waals surface area (Å²) in [5.74, 6) is -0.223. The molecule has 0 radical (unpaired) electrons. The third-order valence-corrected chi connectivity index (χ3v) is 2.33. The fourth-order valence-electron chi connectivity index (χ4n) is 0.936. The van der Waals surface area contributed by atoms with Crippen molar-refractivity contribution in [3.63, 3.8) is 0 Å². The lowest BCUT2D eigenvalue weighted by molar-refractivity contribution is -0.143. The highest BCUT2D eigenvalue weighted by Gasteiger charge is 2.05. The molecule has 5 heteroatoms. The van der Waals surface area contributed by atoms with Gasteiger partial charge in [-0.25, -0.2) is 4.98 Å². The Morgan fingerprint density at radius 1 is 1.79 bits per heavy atom. The number of aryl methyl sites for hydroxylation is 1. The summed E-state index contributed by atoms with van der Waals surface area (Å²) in [5.41, 5.74) is 0.777. The third-order valence-electron chi connectivity index (χ3n) is 1.54. The molecule has 0 aliphatic heterocycles. The summed E-state index contributed by atoms with van der Waals surface area (Å²) in [6.07, 6.45) is 0.861. The Bertz CT molecular complexity index is 354. The average molecular weight is 210 g/mol. The molecule has 0 spiro atoms. The first-order valence-electron chi connectivity index (χ1n) is 4.26. The normalized spacial score (nSPS) is 9.43. The lowest BCUT2D eigenvalue weighted by atomic mass is 10.2. The van der Waals surface area contributed by atoms with Crippen LogP contribution in [0.2, 0.25) is 0 Å². The van der Waals surface area contributed by atoms with E-state index in [1.54, 1.807) is 12.3 Å². The Labute approximate surface area is 86.1 Å². The second kappa shape index (κ2) is 5.35. The first kappa shape index (κ1) is 10.7. The molecule has 1 aromatic heterocycles. The number of rotatable bonds is 4. The van der Waals surface area contributed by atoms with Crippen LogP contribution < -0.4 is 0 Å². The minimum absolute atomic E-state index is 0.223. The van der Waals surface area contributed by atoms with Crippen LogP contribution in [0.3, 0.4) is 0 Å². The van der Waals surface area contributed by atoms with Crippen LogP contribution in [0.4, 0.5) is 0 Å². The Hall–Kier alpha value is -1.41. The van der Waals surface area contributed by atoms with E-state index in [0.717, 1.165) is 5.69 Å². The molecule has 0 saturated carbocycles. The number of thiazole rings is 1. The van der Waals surface area contributed by atoms with Crippen LogP contribution in [0.5, 0.6) is 0 Å². The number of ether oxygens (including phenoxy) is 1. The lowest BCUT2D eigenvalue weighted by Gasteiger charge is -1.98. The summed E-state index contributed by atoms with van der Waals surface area (Å²) >= 11 is 1.29. The molecule has 1 rings (SSSR count). The predicted octanol–water partition coefficient (Wildman–Crippen LogP) is 1.51. The average Bonchev–Trinajstić information content (AvgIpc) is 2.63. The Balaban J connectivity index is 2.38. The number of hydrogen-bond acceptors (Lipinski definition) is 5. The number of hydrogen-bond donors (Lipinski definition) is 0. The molecule has 0 aromatic carbocycles. The van der Waals surface area contributed by atoms with Crippen molar-refractivity contribution in [2.24, 2.45) is 0 Å². The SMILES string of the molecule is CCOC(=O)CCc1csc(C#N)n1. The third kappa shape index (κ3) is 3.15. The van der Waals surface area contributed by atoms with Crippen LogP contribution in [0.1, 0.15) is 24.0 Å². The molecule has 1 heterocycles. The van der Waals surface area contributed by atoms with Crippen LogP contribution in [0, 0.1) is 11.3 Å². The molecule has 0 N–H and O–H groups in total. The molecule has 0 unspecified atom stereocenters. The first-order chi connectivity index (χ1) is 6.76. The van der Waals surface area contributed by atoms with E-state index in [-0.39, 0.29) is 5.97 Å². The standard InChI is InChI=1S/C9H10N2O2S/c1-2-13-9(12)4-3-7-6-14-8(5-10)11-7/h6H,2-4H2,1H3. The number of nitriles is 1. The Morgan fingerprint density at radius 2 is 2.57 bits per heavy atom. The van der Waals surface area contributed by atoms with Crippen LogP contribution in [-0.4, -0.2) is 17.6 Å². The van der Waals surface area contributed by atoms with Crippen molar-refractivity contribution in [1.82, 2.24) is 4.98 Å². The molecule has 0 fully saturated rings. The minimum atomic E-state index is -0.223. The molecule has 0 saturated heterocycles. The maximum atomic E-state index is 11.0. The van der Waals surface area contributed by atoms with Gasteiger partial charge in [-0.05, 0) is 6.92 Å². The molecular weight excluding hydrogens is 200 g/mol. The van der Waals surface area contributed by atoms with Gasteiger partial charge in [0.15, 0.2) is 5.01 Å². The van der Waals surface area contributed by atoms with E-state index >= 15 is 0 Å². The highest BCUT2D eigenvalue weighted by Crippen LogP contribution is 2.10. The summed E-state index contributed by atoms with van der Waals surface area (Å²) < 4.78 is 4.77. The topological polar surface area (TPSA) is 63.0 Å². The summed E-state index contributed by atoms with van der Waals surface area (Å²) in [5, 5.41) is 10.7. The molecule has 4 nitrogen and oxygen atoms in total. The summed E-state index contributed by atoms with van der Waals surface area (Å²) in [6.45, 7) is 2.17. The van der Waals surface area contributed by atoms with Gasteiger partial charge in [-0.15, -0.1) is 11.3 Å². The van der Waals surface area contributed by atoms with Gasteiger partial charge < -0.3 is 4.74 Å². The molecule has 0 aliphatic rings. The maximum Gasteiger partial charge on any atom is 0.306 e. The predicted molar refractivity (Wildman–Crippen MR) is 51.8 cm³/mol. The fourth-order valence-corrected chi connectivity index (χ4v) is 1.58. The Morgan fingerprint density at radius 3 is 3.14 bits per heavy atom. The second-order valence-electron chi connectivity index (χ2n) is 2.56. The summed E-state index contributed by atoms with van der Waals surface area (Å²) in [7, 11) is 0. The fraction of sp³-hybridized carbons (Fsp3) is 0.444. The van der Waals surface area contributed by atoms with Crippen LogP contribution in [0.25, 0.3) is 0 Å². The van der Waals surface area contributed by atoms with Crippen molar-refractivity contribution < 1.29 is 9.53 Å². The van der Waals surface area contributed by atoms with E-state index in [1.165, 1.54) is 11.3 Å². The zero-order valence-corrected chi connectivity index (χ0v) is 8.63. The summed E-state index contributed by atoms with van der Waals surface area (Å²) in [6, 6.07) is 1.95. The smallest absolute Gasteiger partial charge is 0.306 e. The van der Waals surface area contributed by atoms with Crippen molar-refractivity contribution in [3.05, 3.63) is 16.1 Å². The van der Waals surface area contributed by atoms with Gasteiger partial charge in [0, 0.05) is 11.8 Å². The van der Waals surface area contributed by atoms with Crippen molar-refractivity contribution >= 4 is 17.3 Å². The molecular formula is C9H10N2O2S. The van der Waals surface area contributed by atoms with Gasteiger partial charge in [0.25, 0.3) is 0 Å². The lowest BCUT2D eigenvalue weighted by Crippen LogP contribution is -2.05. The molecule has 0 atom stereocenters. The summed E-state index contributed by atoms with van der Waals surface area (Å²) in [4.78, 5) is 15.0. The molecule has 1 aromatic rings. The Kier molecular flexibility index (Phi) is 4.08. The van der Waals surface area contributed by atoms with Crippen LogP contribution in [-0.2, 0) is 16.0 Å². The van der Waals surface area contributed by atoms with Crippen molar-refractivity contribution in [2.45, 2.75) is 19.8 Å². The van der Waals surface area contributed by atoms with Crippen LogP contribution >= 0.6 is 11.3 Å². The number of nitrogens with zero attached hydrogens (tertiary/aromatic N) is 2. The number of carbonyl (C=O) groups excluding carboxylic acids is 1. The largest absolute Gasteiger partial charge is 0.466 e. The second-order valence-corrected chi connectivity index (χ2v) is 3.42. The monoisotopic (exact) mass is 210 g/mol. The zero-order valence-electron chi connectivity index (χ0n) is 7.82. The van der Waals surface area contributed by atoms with Crippen molar-refractivity contribution in [1.29, 1.82) is 5.26 Å². The maximum absolute atomic E-state index is 11.0. The molecule has 0 aliphatic carbocycles. The number of carbonyl (C=O) groups is 1. The van der Waals surface area contributed by atoms with Gasteiger partial charge in [0.05, 0.1) is 18.7 Å². The van der Waals surface area contributed by atoms with Gasteiger partial charge in [0.2, 0.25) is 0 Å². The van der Waals surface area contributed by atoms with Gasteiger partial charge in [-0.2, -0.15) is 5.26 Å². The van der Waals surface area contributed by atoms with Gasteiger partial charge in [-0.1, -0.05) is 0 Å². The zero-order chi connectivity index (χ0) is 10.4. The highest BCUT2D eigenvalue weighted by atomic mass is 32.1. The number of aromatic nitrogens is 1. The van der Waals surface area contributed by atoms with Gasteiger partial charge in [-0.3, -0.25) is 4.79 Å². The van der Waals surface area contributed by atoms with Gasteiger partial charge >= 0.3 is 5.97 Å². The number of esters is 1. The molecule has 74 valence electrons. The molecule has 14 heavy (non-hydrogen) atoms. The van der Waals surface area contributed by atoms with E-state index in [2.05, 4.69) is 4.98 Å². The van der Waals surface area contributed by atoms with E-state index in [0.29, 0.717) is 24.5 Å². The minimum Gasteiger partial charge on any atom is -0.466 e. The van der Waals surface area contributed by atoms with E-state index in [1.807, 2.05) is 6.07 Å². The van der Waals surface area contributed by atoms with Crippen molar-refractivity contribution in [2.75, 3.05) is 6.61 Å². The van der Waals surface area contributed by atoms with E-state index in [4.69, 9.17) is 10.00 Å². The van der Waals surface area contributed by atoms with Crippen LogP contribution in [0.15, 0.2) is 5.38 Å². The molecule has 0 amide bonds. The quantitative estimate of drug-likeness (QED) is 0.707. The van der Waals surface area contributed by atoms with Crippen molar-refractivity contribution in [3.8, 4) is 6.07 Å². The van der Waals surface area contributed by atoms with Gasteiger partial charge in [0.1, 0.15) is 6.07 Å². The first-order valence-corrected chi connectivity index (χ1v) is 5.14. The van der Waals surface area contributed by atoms with E-state index < -0.39 is 0 Å². The molecule has 0 bridgehead atoms. The highest BCUT2D eigenvalue weighted by molar-refractivity contribution is 7.10.